The number of rotatable bonds is 6. The van der Waals surface area contributed by atoms with Crippen molar-refractivity contribution in [2.75, 3.05) is 0 Å². The Morgan fingerprint density at radius 3 is 2.52 bits per heavy atom. The van der Waals surface area contributed by atoms with Gasteiger partial charge < -0.3 is 4.74 Å². The van der Waals surface area contributed by atoms with Crippen molar-refractivity contribution in [2.45, 2.75) is 6.61 Å². The van der Waals surface area contributed by atoms with E-state index in [9.17, 15) is 4.79 Å². The average molecular weight is 535 g/mol. The number of hydrogen-bond acceptors (Lipinski definition) is 3. The van der Waals surface area contributed by atoms with E-state index in [0.717, 1.165) is 19.2 Å². The topological polar surface area (TPSA) is 50.7 Å². The van der Waals surface area contributed by atoms with E-state index < -0.39 is 0 Å². The lowest BCUT2D eigenvalue weighted by Crippen LogP contribution is -2.17. The smallest absolute Gasteiger partial charge is 0.271 e. The quantitative estimate of drug-likeness (QED) is 0.261. The maximum absolute atomic E-state index is 12.1. The molecule has 1 amide bonds. The molecule has 0 heterocycles. The summed E-state index contributed by atoms with van der Waals surface area (Å²) in [7, 11) is 0. The second-order valence-corrected chi connectivity index (χ2v) is 7.85. The zero-order valence-electron chi connectivity index (χ0n) is 14.2. The van der Waals surface area contributed by atoms with Crippen LogP contribution >= 0.6 is 38.5 Å². The molecular formula is C21H16BrIN2O2. The van der Waals surface area contributed by atoms with Crippen LogP contribution in [0.1, 0.15) is 21.5 Å². The fraction of sp³-hybridized carbons (Fsp3) is 0.0476. The van der Waals surface area contributed by atoms with E-state index >= 15 is 0 Å². The third-order valence-electron chi connectivity index (χ3n) is 3.66. The number of hydrogen-bond donors (Lipinski definition) is 1. The zero-order valence-corrected chi connectivity index (χ0v) is 18.0. The fourth-order valence-corrected chi connectivity index (χ4v) is 3.08. The van der Waals surface area contributed by atoms with Crippen LogP contribution in [0.25, 0.3) is 0 Å². The molecule has 6 heteroatoms. The maximum Gasteiger partial charge on any atom is 0.271 e. The Balaban J connectivity index is 1.53. The van der Waals surface area contributed by atoms with E-state index in [-0.39, 0.29) is 5.91 Å². The van der Waals surface area contributed by atoms with Crippen LogP contribution in [0, 0.1) is 3.57 Å². The minimum Gasteiger partial charge on any atom is -0.489 e. The molecule has 4 nitrogen and oxygen atoms in total. The van der Waals surface area contributed by atoms with E-state index in [1.165, 1.54) is 0 Å². The summed E-state index contributed by atoms with van der Waals surface area (Å²) >= 11 is 5.68. The van der Waals surface area contributed by atoms with Crippen LogP contribution in [-0.2, 0) is 6.61 Å². The lowest BCUT2D eigenvalue weighted by Gasteiger charge is -2.07. The van der Waals surface area contributed by atoms with Crippen molar-refractivity contribution in [1.29, 1.82) is 0 Å². The molecule has 1 N–H and O–H groups in total. The number of benzene rings is 3. The zero-order chi connectivity index (χ0) is 19.1. The molecule has 27 heavy (non-hydrogen) atoms. The Labute approximate surface area is 179 Å². The third kappa shape index (κ3) is 6.18. The van der Waals surface area contributed by atoms with E-state index in [1.807, 2.05) is 48.5 Å². The summed E-state index contributed by atoms with van der Waals surface area (Å²) in [6.45, 7) is 0.464. The summed E-state index contributed by atoms with van der Waals surface area (Å²) in [5, 5.41) is 3.99. The van der Waals surface area contributed by atoms with Crippen molar-refractivity contribution in [3.63, 3.8) is 0 Å². The van der Waals surface area contributed by atoms with Gasteiger partial charge in [-0.05, 0) is 82.2 Å². The van der Waals surface area contributed by atoms with Gasteiger partial charge in [0.15, 0.2) is 0 Å². The molecule has 3 aromatic carbocycles. The molecule has 0 aliphatic heterocycles. The third-order valence-corrected chi connectivity index (χ3v) is 4.87. The monoisotopic (exact) mass is 534 g/mol. The van der Waals surface area contributed by atoms with Crippen LogP contribution in [0.5, 0.6) is 5.75 Å². The highest BCUT2D eigenvalue weighted by molar-refractivity contribution is 14.1. The Morgan fingerprint density at radius 2 is 1.81 bits per heavy atom. The minimum atomic E-state index is -0.268. The van der Waals surface area contributed by atoms with Gasteiger partial charge in [0.1, 0.15) is 12.4 Å². The van der Waals surface area contributed by atoms with Gasteiger partial charge in [0.05, 0.1) is 6.21 Å². The van der Waals surface area contributed by atoms with Gasteiger partial charge in [-0.1, -0.05) is 40.2 Å². The second-order valence-electron chi connectivity index (χ2n) is 5.69. The van der Waals surface area contributed by atoms with E-state index in [0.29, 0.717) is 17.9 Å². The summed E-state index contributed by atoms with van der Waals surface area (Å²) in [5.74, 6) is 0.434. The van der Waals surface area contributed by atoms with Gasteiger partial charge in [-0.15, -0.1) is 0 Å². The molecule has 0 bridgehead atoms. The molecule has 0 radical (unpaired) electrons. The summed E-state index contributed by atoms with van der Waals surface area (Å²) in [6, 6.07) is 22.8. The van der Waals surface area contributed by atoms with Crippen molar-refractivity contribution in [3.05, 3.63) is 97.5 Å². The van der Waals surface area contributed by atoms with Gasteiger partial charge in [-0.2, -0.15) is 5.10 Å². The van der Waals surface area contributed by atoms with Crippen molar-refractivity contribution in [3.8, 4) is 5.75 Å². The Hall–Kier alpha value is -2.19. The highest BCUT2D eigenvalue weighted by Crippen LogP contribution is 2.16. The van der Waals surface area contributed by atoms with Crippen LogP contribution in [0.2, 0.25) is 0 Å². The molecule has 0 saturated heterocycles. The Kier molecular flexibility index (Phi) is 7.00. The number of carbonyl (C=O) groups excluding carboxylic acids is 1. The number of hydrazone groups is 1. The Morgan fingerprint density at radius 1 is 1.07 bits per heavy atom. The molecule has 0 aromatic heterocycles. The predicted molar refractivity (Wildman–Crippen MR) is 119 cm³/mol. The van der Waals surface area contributed by atoms with Gasteiger partial charge in [0, 0.05) is 13.6 Å². The molecule has 0 atom stereocenters. The first kappa shape index (κ1) is 19.6. The maximum atomic E-state index is 12.1. The molecule has 3 rings (SSSR count). The molecular weight excluding hydrogens is 519 g/mol. The molecule has 0 saturated carbocycles. The van der Waals surface area contributed by atoms with Crippen molar-refractivity contribution >= 4 is 50.6 Å². The molecule has 0 unspecified atom stereocenters. The largest absolute Gasteiger partial charge is 0.489 e. The van der Waals surface area contributed by atoms with Crippen LogP contribution in [0.15, 0.2) is 82.4 Å². The summed E-state index contributed by atoms with van der Waals surface area (Å²) in [4.78, 5) is 12.1. The Bertz CT molecular complexity index is 941. The lowest BCUT2D eigenvalue weighted by atomic mass is 10.2. The van der Waals surface area contributed by atoms with Crippen LogP contribution in [0.3, 0.4) is 0 Å². The number of nitrogens with one attached hydrogen (secondary N) is 1. The SMILES string of the molecule is O=C(N/N=C\c1ccc(I)cc1)c1ccc(OCc2cccc(Br)c2)cc1. The molecule has 3 aromatic rings. The molecule has 136 valence electrons. The second kappa shape index (κ2) is 9.66. The van der Waals surface area contributed by atoms with E-state index in [4.69, 9.17) is 4.74 Å². The number of halogens is 2. The van der Waals surface area contributed by atoms with Gasteiger partial charge >= 0.3 is 0 Å². The predicted octanol–water partition coefficient (Wildman–Crippen LogP) is 5.40. The summed E-state index contributed by atoms with van der Waals surface area (Å²) < 4.78 is 7.91. The van der Waals surface area contributed by atoms with Gasteiger partial charge in [-0.3, -0.25) is 4.79 Å². The van der Waals surface area contributed by atoms with Crippen LogP contribution in [0.4, 0.5) is 0 Å². The number of amides is 1. The fourth-order valence-electron chi connectivity index (χ4n) is 2.27. The number of ether oxygens (including phenoxy) is 1. The van der Waals surface area contributed by atoms with E-state index in [2.05, 4.69) is 49.0 Å². The van der Waals surface area contributed by atoms with Crippen molar-refractivity contribution < 1.29 is 9.53 Å². The molecule has 0 aliphatic rings. The normalized spacial score (nSPS) is 10.7. The van der Waals surface area contributed by atoms with Gasteiger partial charge in [-0.25, -0.2) is 5.43 Å². The first-order chi connectivity index (χ1) is 13.1. The number of nitrogens with zero attached hydrogens (tertiary/aromatic N) is 1. The lowest BCUT2D eigenvalue weighted by molar-refractivity contribution is 0.0955. The van der Waals surface area contributed by atoms with Crippen molar-refractivity contribution in [2.24, 2.45) is 5.10 Å². The van der Waals surface area contributed by atoms with Gasteiger partial charge in [0.25, 0.3) is 5.91 Å². The molecule has 0 aliphatic carbocycles. The highest BCUT2D eigenvalue weighted by Gasteiger charge is 2.04. The average Bonchev–Trinajstić information content (AvgIpc) is 2.68. The number of carbonyl (C=O) groups is 1. The first-order valence-electron chi connectivity index (χ1n) is 8.16. The molecule has 0 fully saturated rings. The standard InChI is InChI=1S/C21H16BrIN2O2/c22-18-3-1-2-16(12-18)14-27-20-10-6-17(7-11-20)21(26)25-24-13-15-4-8-19(23)9-5-15/h1-13H,14H2,(H,25,26)/b24-13-. The van der Waals surface area contributed by atoms with Crippen LogP contribution in [-0.4, -0.2) is 12.1 Å². The minimum absolute atomic E-state index is 0.268. The highest BCUT2D eigenvalue weighted by atomic mass is 127. The van der Waals surface area contributed by atoms with E-state index in [1.54, 1.807) is 30.5 Å². The van der Waals surface area contributed by atoms with Crippen LogP contribution < -0.4 is 10.2 Å². The molecule has 0 spiro atoms. The summed E-state index contributed by atoms with van der Waals surface area (Å²) in [5.41, 5.74) is 5.04. The van der Waals surface area contributed by atoms with Crippen molar-refractivity contribution in [1.82, 2.24) is 5.43 Å². The summed E-state index contributed by atoms with van der Waals surface area (Å²) in [6.07, 6.45) is 1.61. The first-order valence-corrected chi connectivity index (χ1v) is 10.0. The van der Waals surface area contributed by atoms with Gasteiger partial charge in [0.2, 0.25) is 0 Å².